The van der Waals surface area contributed by atoms with Gasteiger partial charge in [0.1, 0.15) is 0 Å². The van der Waals surface area contributed by atoms with E-state index in [4.69, 9.17) is 0 Å². The summed E-state index contributed by atoms with van der Waals surface area (Å²) in [7, 11) is 0. The summed E-state index contributed by atoms with van der Waals surface area (Å²) in [6.45, 7) is 18.7. The predicted molar refractivity (Wildman–Crippen MR) is 61.2 cm³/mol. The first-order chi connectivity index (χ1) is 4.91. The number of rotatable bonds is 1. The van der Waals surface area contributed by atoms with Crippen LogP contribution in [0.1, 0.15) is 49.0 Å². The molecule has 0 aliphatic heterocycles. The summed E-state index contributed by atoms with van der Waals surface area (Å²) < 4.78 is 0. The summed E-state index contributed by atoms with van der Waals surface area (Å²) in [6.07, 6.45) is 3.28. The van der Waals surface area contributed by atoms with E-state index in [-0.39, 0.29) is 7.43 Å². The molecule has 0 saturated heterocycles. The number of hydrogen-bond acceptors (Lipinski definition) is 0. The highest BCUT2D eigenvalue weighted by atomic mass is 13.4. The third-order valence-electron chi connectivity index (χ3n) is 0.167. The molecule has 0 unspecified atom stereocenters. The summed E-state index contributed by atoms with van der Waals surface area (Å²) >= 11 is 0. The second-order valence-electron chi connectivity index (χ2n) is 0.471. The molecule has 0 aliphatic rings. The minimum absolute atomic E-state index is 0. The standard InChI is InChI=1S/C4H6.3C2H6.CH4/c1-3-4-2;3*1-2;/h3-4H,1-2H2;3*1-2H3;1H4. The molecule has 0 aliphatic carbocycles. The normalized spacial score (nSPS) is 3.45. The smallest absolute Gasteiger partial charge is 0.0683 e. The second-order valence-corrected chi connectivity index (χ2v) is 0.471. The van der Waals surface area contributed by atoms with E-state index in [2.05, 4.69) is 13.2 Å². The van der Waals surface area contributed by atoms with Gasteiger partial charge in [-0.2, -0.15) is 0 Å². The SMILES string of the molecule is C.C=CC=C.CC.CC.CC. The molecule has 0 bridgehead atoms. The Morgan fingerprint density at radius 2 is 0.727 bits per heavy atom. The maximum atomic E-state index is 3.36. The van der Waals surface area contributed by atoms with Crippen molar-refractivity contribution in [1.82, 2.24) is 0 Å². The van der Waals surface area contributed by atoms with Crippen LogP contribution in [-0.4, -0.2) is 0 Å². The molecule has 0 radical (unpaired) electrons. The zero-order valence-corrected chi connectivity index (χ0v) is 8.57. The minimum Gasteiger partial charge on any atom is -0.0991 e. The van der Waals surface area contributed by atoms with Crippen molar-refractivity contribution in [3.63, 3.8) is 0 Å². The Bertz CT molecular complexity index is 21.0. The molecular formula is C11H28. The molecule has 0 N–H and O–H groups in total. The van der Waals surface area contributed by atoms with Crippen molar-refractivity contribution >= 4 is 0 Å². The molecule has 11 heavy (non-hydrogen) atoms. The van der Waals surface area contributed by atoms with Crippen molar-refractivity contribution in [2.24, 2.45) is 0 Å². The molecule has 0 aromatic heterocycles. The van der Waals surface area contributed by atoms with Crippen LogP contribution >= 0.6 is 0 Å². The van der Waals surface area contributed by atoms with Gasteiger partial charge in [-0.05, 0) is 0 Å². The second kappa shape index (κ2) is 311. The fourth-order valence-corrected chi connectivity index (χ4v) is 0. The van der Waals surface area contributed by atoms with E-state index in [9.17, 15) is 0 Å². The van der Waals surface area contributed by atoms with Crippen LogP contribution in [0.3, 0.4) is 0 Å². The van der Waals surface area contributed by atoms with Crippen LogP contribution in [0.4, 0.5) is 0 Å². The molecule has 0 atom stereocenters. The van der Waals surface area contributed by atoms with Gasteiger partial charge in [0.15, 0.2) is 0 Å². The first kappa shape index (κ1) is 31.4. The quantitative estimate of drug-likeness (QED) is 0.470. The summed E-state index contributed by atoms with van der Waals surface area (Å²) in [4.78, 5) is 0. The molecule has 72 valence electrons. The van der Waals surface area contributed by atoms with E-state index in [1.807, 2.05) is 41.5 Å². The van der Waals surface area contributed by atoms with Crippen LogP contribution in [0.2, 0.25) is 0 Å². The van der Waals surface area contributed by atoms with Gasteiger partial charge in [-0.1, -0.05) is 74.3 Å². The average Bonchev–Trinajstić information content (AvgIpc) is 2.14. The van der Waals surface area contributed by atoms with Crippen LogP contribution in [-0.2, 0) is 0 Å². The van der Waals surface area contributed by atoms with Crippen molar-refractivity contribution in [3.05, 3.63) is 25.3 Å². The van der Waals surface area contributed by atoms with E-state index < -0.39 is 0 Å². The van der Waals surface area contributed by atoms with Crippen molar-refractivity contribution in [3.8, 4) is 0 Å². The maximum Gasteiger partial charge on any atom is -0.0683 e. The van der Waals surface area contributed by atoms with Gasteiger partial charge in [-0.3, -0.25) is 0 Å². The van der Waals surface area contributed by atoms with Gasteiger partial charge in [0.2, 0.25) is 0 Å². The van der Waals surface area contributed by atoms with Crippen LogP contribution in [0.15, 0.2) is 25.3 Å². The molecule has 0 amide bonds. The lowest BCUT2D eigenvalue weighted by Crippen LogP contribution is -1.21. The van der Waals surface area contributed by atoms with Gasteiger partial charge >= 0.3 is 0 Å². The van der Waals surface area contributed by atoms with Crippen LogP contribution in [0.25, 0.3) is 0 Å². The molecule has 0 aromatic rings. The predicted octanol–water partition coefficient (Wildman–Crippen LogP) is 5.07. The molecule has 0 heteroatoms. The van der Waals surface area contributed by atoms with Gasteiger partial charge in [0.05, 0.1) is 0 Å². The highest BCUT2D eigenvalue weighted by Gasteiger charge is 1.29. The van der Waals surface area contributed by atoms with Gasteiger partial charge in [-0.25, -0.2) is 0 Å². The third kappa shape index (κ3) is 2300. The molecule has 0 rings (SSSR count). The van der Waals surface area contributed by atoms with E-state index in [0.29, 0.717) is 0 Å². The lowest BCUT2D eigenvalue weighted by molar-refractivity contribution is 1.50. The zero-order valence-electron chi connectivity index (χ0n) is 8.57. The Kier molecular flexibility index (Phi) is 887. The Labute approximate surface area is 75.0 Å². The summed E-state index contributed by atoms with van der Waals surface area (Å²) in [5.41, 5.74) is 0. The third-order valence-corrected chi connectivity index (χ3v) is 0.167. The van der Waals surface area contributed by atoms with Gasteiger partial charge in [-0.15, -0.1) is 0 Å². The van der Waals surface area contributed by atoms with Crippen LogP contribution in [0, 0.1) is 0 Å². The van der Waals surface area contributed by atoms with E-state index in [1.54, 1.807) is 12.2 Å². The number of hydrogen-bond donors (Lipinski definition) is 0. The summed E-state index contributed by atoms with van der Waals surface area (Å²) in [5.74, 6) is 0. The van der Waals surface area contributed by atoms with Crippen molar-refractivity contribution in [2.75, 3.05) is 0 Å². The largest absolute Gasteiger partial charge is 0.0991 e. The van der Waals surface area contributed by atoms with Crippen LogP contribution in [0.5, 0.6) is 0 Å². The van der Waals surface area contributed by atoms with E-state index >= 15 is 0 Å². The fourth-order valence-electron chi connectivity index (χ4n) is 0. The fraction of sp³-hybridized carbons (Fsp3) is 0.636. The Hall–Kier alpha value is -0.520. The van der Waals surface area contributed by atoms with Crippen molar-refractivity contribution in [2.45, 2.75) is 49.0 Å². The van der Waals surface area contributed by atoms with E-state index in [0.717, 1.165) is 0 Å². The van der Waals surface area contributed by atoms with Gasteiger partial charge in [0, 0.05) is 0 Å². The summed E-state index contributed by atoms with van der Waals surface area (Å²) in [6, 6.07) is 0. The first-order valence-corrected chi connectivity index (χ1v) is 4.15. The minimum atomic E-state index is 0. The zero-order chi connectivity index (χ0) is 9.41. The Balaban J connectivity index is -0.0000000152. The van der Waals surface area contributed by atoms with Gasteiger partial charge in [0.25, 0.3) is 0 Å². The molecular weight excluding hydrogens is 132 g/mol. The Morgan fingerprint density at radius 3 is 0.727 bits per heavy atom. The molecule has 0 fully saturated rings. The lowest BCUT2D eigenvalue weighted by atomic mass is 10.6. The van der Waals surface area contributed by atoms with Gasteiger partial charge < -0.3 is 0 Å². The van der Waals surface area contributed by atoms with Crippen molar-refractivity contribution in [1.29, 1.82) is 0 Å². The maximum absolute atomic E-state index is 3.36. The first-order valence-electron chi connectivity index (χ1n) is 4.15. The molecule has 0 spiro atoms. The monoisotopic (exact) mass is 160 g/mol. The van der Waals surface area contributed by atoms with Crippen LogP contribution < -0.4 is 0 Å². The average molecular weight is 160 g/mol. The molecule has 0 nitrogen and oxygen atoms in total. The number of allylic oxidation sites excluding steroid dienone is 2. The van der Waals surface area contributed by atoms with E-state index in [1.165, 1.54) is 0 Å². The molecule has 0 aromatic carbocycles. The van der Waals surface area contributed by atoms with Crippen molar-refractivity contribution < 1.29 is 0 Å². The topological polar surface area (TPSA) is 0 Å². The molecule has 0 saturated carbocycles. The Morgan fingerprint density at radius 1 is 0.636 bits per heavy atom. The lowest BCUT2D eigenvalue weighted by Gasteiger charge is -1.44. The highest BCUT2D eigenvalue weighted by Crippen LogP contribution is 1.52. The summed E-state index contributed by atoms with van der Waals surface area (Å²) in [5, 5.41) is 0. The highest BCUT2D eigenvalue weighted by molar-refractivity contribution is 4.88. The molecule has 0 heterocycles.